The standard InChI is InChI=1S/C16H21F3N6O5/c1-24(12(13(20)26)3-2-8-22-15(21)23-25(28)29)9-10-4-6-11(7-5-10)30-14(27)16(17,18)19/h4-7,12H,2-3,8-9H2,1H3,(H2,20,26)(H3,21,22,23)/t12-/m1/s1. The van der Waals surface area contributed by atoms with Crippen LogP contribution in [-0.4, -0.2) is 53.6 Å². The topological polar surface area (TPSA) is 166 Å². The predicted octanol–water partition coefficient (Wildman–Crippen LogP) is 0.316. The van der Waals surface area contributed by atoms with Crippen molar-refractivity contribution in [2.45, 2.75) is 31.6 Å². The number of nitrogens with two attached hydrogens (primary N) is 2. The van der Waals surface area contributed by atoms with Crippen LogP contribution in [0.5, 0.6) is 5.75 Å². The number of benzene rings is 1. The minimum absolute atomic E-state index is 0.222. The molecule has 166 valence electrons. The fourth-order valence-electron chi connectivity index (χ4n) is 2.44. The normalized spacial score (nSPS) is 13.0. The fourth-order valence-corrected chi connectivity index (χ4v) is 2.44. The second-order valence-electron chi connectivity index (χ2n) is 6.16. The van der Waals surface area contributed by atoms with Crippen LogP contribution in [-0.2, 0) is 16.1 Å². The first-order valence-corrected chi connectivity index (χ1v) is 8.50. The second-order valence-corrected chi connectivity index (χ2v) is 6.16. The molecule has 1 rings (SSSR count). The van der Waals surface area contributed by atoms with Crippen molar-refractivity contribution in [3.05, 3.63) is 39.9 Å². The van der Waals surface area contributed by atoms with E-state index in [0.717, 1.165) is 0 Å². The highest BCUT2D eigenvalue weighted by Gasteiger charge is 2.41. The number of hydrazone groups is 1. The molecule has 1 aromatic rings. The molecule has 1 atom stereocenters. The number of rotatable bonds is 10. The summed E-state index contributed by atoms with van der Waals surface area (Å²) in [5, 5.41) is 14.6. The zero-order valence-corrected chi connectivity index (χ0v) is 15.9. The molecule has 11 nitrogen and oxygen atoms in total. The fraction of sp³-hybridized carbons (Fsp3) is 0.438. The van der Waals surface area contributed by atoms with Crippen LogP contribution in [0.15, 0.2) is 29.4 Å². The van der Waals surface area contributed by atoms with Gasteiger partial charge in [0, 0.05) is 13.1 Å². The van der Waals surface area contributed by atoms with Gasteiger partial charge in [0.1, 0.15) is 10.9 Å². The third kappa shape index (κ3) is 8.72. The van der Waals surface area contributed by atoms with Crippen LogP contribution in [0, 0.1) is 10.1 Å². The van der Waals surface area contributed by atoms with Crippen LogP contribution >= 0.6 is 0 Å². The molecule has 0 saturated heterocycles. The van der Waals surface area contributed by atoms with E-state index in [4.69, 9.17) is 11.5 Å². The van der Waals surface area contributed by atoms with Crippen molar-refractivity contribution in [1.82, 2.24) is 10.2 Å². The van der Waals surface area contributed by atoms with Crippen LogP contribution in [0.2, 0.25) is 0 Å². The molecule has 0 aromatic heterocycles. The number of ether oxygens (including phenoxy) is 1. The molecule has 0 bridgehead atoms. The Hall–Kier alpha value is -3.42. The molecule has 0 spiro atoms. The third-order valence-corrected chi connectivity index (χ3v) is 3.81. The van der Waals surface area contributed by atoms with Crippen LogP contribution in [0.25, 0.3) is 0 Å². The lowest BCUT2D eigenvalue weighted by molar-refractivity contribution is -0.485. The smallest absolute Gasteiger partial charge is 0.420 e. The first-order valence-electron chi connectivity index (χ1n) is 8.50. The van der Waals surface area contributed by atoms with E-state index in [1.165, 1.54) is 24.3 Å². The summed E-state index contributed by atoms with van der Waals surface area (Å²) in [7, 11) is 1.63. The molecule has 14 heteroatoms. The van der Waals surface area contributed by atoms with E-state index >= 15 is 0 Å². The van der Waals surface area contributed by atoms with E-state index in [1.807, 2.05) is 0 Å². The average molecular weight is 434 g/mol. The van der Waals surface area contributed by atoms with Crippen molar-refractivity contribution >= 4 is 17.8 Å². The lowest BCUT2D eigenvalue weighted by atomic mass is 10.1. The van der Waals surface area contributed by atoms with Gasteiger partial charge in [0.2, 0.25) is 5.91 Å². The maximum atomic E-state index is 12.2. The average Bonchev–Trinajstić information content (AvgIpc) is 2.61. The quantitative estimate of drug-likeness (QED) is 0.0900. The number of nitrogens with zero attached hydrogens (tertiary/aromatic N) is 3. The molecule has 0 radical (unpaired) electrons. The summed E-state index contributed by atoms with van der Waals surface area (Å²) in [5.41, 5.74) is 11.3. The van der Waals surface area contributed by atoms with E-state index in [9.17, 15) is 32.9 Å². The van der Waals surface area contributed by atoms with Gasteiger partial charge in [-0.25, -0.2) is 14.9 Å². The Morgan fingerprint density at radius 1 is 1.30 bits per heavy atom. The molecule has 0 heterocycles. The summed E-state index contributed by atoms with van der Waals surface area (Å²) in [4.78, 5) is 34.4. The van der Waals surface area contributed by atoms with Gasteiger partial charge in [0.25, 0.3) is 5.96 Å². The highest BCUT2D eigenvalue weighted by Crippen LogP contribution is 2.21. The number of alkyl halides is 3. The van der Waals surface area contributed by atoms with Crippen LogP contribution < -0.4 is 21.5 Å². The lowest BCUT2D eigenvalue weighted by Gasteiger charge is -2.25. The van der Waals surface area contributed by atoms with Gasteiger partial charge in [-0.1, -0.05) is 12.1 Å². The maximum absolute atomic E-state index is 12.2. The molecule has 0 aliphatic rings. The van der Waals surface area contributed by atoms with Gasteiger partial charge in [-0.2, -0.15) is 13.2 Å². The van der Waals surface area contributed by atoms with E-state index in [1.54, 1.807) is 11.9 Å². The van der Waals surface area contributed by atoms with Crippen molar-refractivity contribution in [3.8, 4) is 5.75 Å². The summed E-state index contributed by atoms with van der Waals surface area (Å²) in [6, 6.07) is 4.62. The van der Waals surface area contributed by atoms with E-state index in [0.29, 0.717) is 18.4 Å². The first kappa shape index (κ1) is 24.6. The van der Waals surface area contributed by atoms with Crippen molar-refractivity contribution in [1.29, 1.82) is 0 Å². The van der Waals surface area contributed by atoms with Crippen LogP contribution in [0.3, 0.4) is 0 Å². The number of amides is 1. The molecule has 0 aliphatic heterocycles. The number of guanidine groups is 1. The maximum Gasteiger partial charge on any atom is 0.491 e. The summed E-state index contributed by atoms with van der Waals surface area (Å²) < 4.78 is 40.8. The van der Waals surface area contributed by atoms with E-state index in [2.05, 4.69) is 15.2 Å². The summed E-state index contributed by atoms with van der Waals surface area (Å²) >= 11 is 0. The summed E-state index contributed by atoms with van der Waals surface area (Å²) in [6.07, 6.45) is -4.38. The number of carbonyl (C=O) groups excluding carboxylic acids is 2. The number of esters is 1. The van der Waals surface area contributed by atoms with Gasteiger partial charge < -0.3 is 21.5 Å². The third-order valence-electron chi connectivity index (χ3n) is 3.81. The molecule has 0 aliphatic carbocycles. The van der Waals surface area contributed by atoms with Crippen molar-refractivity contribution < 1.29 is 32.5 Å². The molecule has 0 saturated carbocycles. The highest BCUT2D eigenvalue weighted by atomic mass is 19.4. The largest absolute Gasteiger partial charge is 0.491 e. The number of hydrogen-bond acceptors (Lipinski definition) is 6. The molecule has 1 amide bonds. The Morgan fingerprint density at radius 3 is 2.40 bits per heavy atom. The van der Waals surface area contributed by atoms with Crippen LogP contribution in [0.1, 0.15) is 18.4 Å². The number of halogens is 3. The summed E-state index contributed by atoms with van der Waals surface area (Å²) in [6.45, 7) is 0.458. The minimum atomic E-state index is -5.09. The van der Waals surface area contributed by atoms with Gasteiger partial charge in [-0.05, 0) is 37.6 Å². The zero-order valence-electron chi connectivity index (χ0n) is 15.9. The number of carbonyl (C=O) groups is 2. The van der Waals surface area contributed by atoms with Gasteiger partial charge >= 0.3 is 12.1 Å². The van der Waals surface area contributed by atoms with E-state index in [-0.39, 0.29) is 24.8 Å². The molecular formula is C16H21F3N6O5. The Bertz CT molecular complexity index is 785. The molecule has 0 fully saturated rings. The molecule has 1 aromatic carbocycles. The molecule has 5 N–H and O–H groups in total. The van der Waals surface area contributed by atoms with Crippen molar-refractivity contribution in [2.75, 3.05) is 13.6 Å². The monoisotopic (exact) mass is 434 g/mol. The van der Waals surface area contributed by atoms with Crippen LogP contribution in [0.4, 0.5) is 13.2 Å². The number of nitro groups is 1. The lowest BCUT2D eigenvalue weighted by Crippen LogP contribution is -2.43. The number of primary amides is 1. The first-order chi connectivity index (χ1) is 13.9. The number of likely N-dealkylation sites (N-methyl/N-ethyl adjacent to an activating group) is 1. The SMILES string of the molecule is CN(Cc1ccc(OC(=O)C(F)(F)F)cc1)[C@H](CCCNC(N)=N[N+](=O)[O-])C(N)=O. The van der Waals surface area contributed by atoms with Gasteiger partial charge in [-0.15, -0.1) is 0 Å². The Balaban J connectivity index is 2.60. The molecule has 0 unspecified atom stereocenters. The Morgan fingerprint density at radius 2 is 1.90 bits per heavy atom. The highest BCUT2D eigenvalue weighted by molar-refractivity contribution is 5.80. The minimum Gasteiger partial charge on any atom is -0.420 e. The number of nitrogens with one attached hydrogen (secondary N) is 1. The molecule has 30 heavy (non-hydrogen) atoms. The van der Waals surface area contributed by atoms with Crippen molar-refractivity contribution in [2.24, 2.45) is 16.6 Å². The van der Waals surface area contributed by atoms with Gasteiger partial charge in [-0.3, -0.25) is 9.69 Å². The number of hydrogen-bond donors (Lipinski definition) is 3. The Labute approximate surface area is 169 Å². The van der Waals surface area contributed by atoms with E-state index < -0.39 is 29.1 Å². The Kier molecular flexibility index (Phi) is 8.98. The second kappa shape index (κ2) is 10.9. The van der Waals surface area contributed by atoms with Crippen molar-refractivity contribution in [3.63, 3.8) is 0 Å². The summed E-state index contributed by atoms with van der Waals surface area (Å²) in [5.74, 6) is -3.55. The van der Waals surface area contributed by atoms with Gasteiger partial charge in [0.15, 0.2) is 5.03 Å². The van der Waals surface area contributed by atoms with Gasteiger partial charge in [0.05, 0.1) is 6.04 Å². The zero-order chi connectivity index (χ0) is 22.9. The molecular weight excluding hydrogens is 413 g/mol. The predicted molar refractivity (Wildman–Crippen MR) is 98.4 cm³/mol.